The van der Waals surface area contributed by atoms with Gasteiger partial charge < -0.3 is 4.42 Å². The van der Waals surface area contributed by atoms with Gasteiger partial charge in [-0.1, -0.05) is 37.2 Å². The summed E-state index contributed by atoms with van der Waals surface area (Å²) >= 11 is 6.99. The molecule has 0 radical (unpaired) electrons. The Hall–Kier alpha value is -1.93. The second kappa shape index (κ2) is 6.89. The number of hydrogen-bond acceptors (Lipinski definition) is 7. The number of ketones is 1. The smallest absolute Gasteiger partial charge is 0.277 e. The number of nitro groups is 1. The molecular weight excluding hydrogens is 330 g/mol. The zero-order chi connectivity index (χ0) is 16.3. The van der Waals surface area contributed by atoms with Crippen LogP contribution in [0, 0.1) is 10.1 Å². The van der Waals surface area contributed by atoms with Crippen molar-refractivity contribution in [3.8, 4) is 0 Å². The number of hydrogen-bond donors (Lipinski definition) is 0. The van der Waals surface area contributed by atoms with Crippen molar-refractivity contribution in [2.45, 2.75) is 25.0 Å². The number of carbonyl (C=O) groups excluding carboxylic acids is 1. The number of halogens is 1. The van der Waals surface area contributed by atoms with Gasteiger partial charge in [0.1, 0.15) is 0 Å². The summed E-state index contributed by atoms with van der Waals surface area (Å²) in [4.78, 5) is 22.3. The third-order valence-corrected chi connectivity index (χ3v) is 3.85. The molecule has 7 nitrogen and oxygen atoms in total. The highest BCUT2D eigenvalue weighted by atomic mass is 35.5. The van der Waals surface area contributed by atoms with Crippen LogP contribution in [0.3, 0.4) is 0 Å². The van der Waals surface area contributed by atoms with Crippen LogP contribution in [-0.4, -0.2) is 26.7 Å². The maximum Gasteiger partial charge on any atom is 0.277 e. The van der Waals surface area contributed by atoms with Gasteiger partial charge in [0.05, 0.1) is 15.7 Å². The van der Waals surface area contributed by atoms with Crippen LogP contribution in [0.2, 0.25) is 5.02 Å². The van der Waals surface area contributed by atoms with Crippen molar-refractivity contribution in [1.29, 1.82) is 0 Å². The molecule has 0 N–H and O–H groups in total. The monoisotopic (exact) mass is 341 g/mol. The third-order valence-electron chi connectivity index (χ3n) is 2.70. The van der Waals surface area contributed by atoms with Crippen LogP contribution in [0.25, 0.3) is 0 Å². The Labute approximate surface area is 135 Å². The van der Waals surface area contributed by atoms with Gasteiger partial charge in [-0.15, -0.1) is 10.2 Å². The molecule has 0 unspecified atom stereocenters. The summed E-state index contributed by atoms with van der Waals surface area (Å²) in [6.45, 7) is 3.83. The normalized spacial score (nSPS) is 10.9. The second-order valence-corrected chi connectivity index (χ2v) is 6.03. The predicted octanol–water partition coefficient (Wildman–Crippen LogP) is 3.73. The predicted molar refractivity (Wildman–Crippen MR) is 81.5 cm³/mol. The molecule has 0 bridgehead atoms. The minimum Gasteiger partial charge on any atom is -0.416 e. The van der Waals surface area contributed by atoms with E-state index in [9.17, 15) is 14.9 Å². The number of Topliss-reactive ketones (excluding diaryl/α,β-unsaturated/α-hetero) is 1. The molecule has 0 atom stereocenters. The summed E-state index contributed by atoms with van der Waals surface area (Å²) in [6, 6.07) is 3.75. The van der Waals surface area contributed by atoms with E-state index in [1.165, 1.54) is 18.2 Å². The van der Waals surface area contributed by atoms with E-state index in [-0.39, 0.29) is 39.0 Å². The Bertz CT molecular complexity index is 717. The quantitative estimate of drug-likeness (QED) is 0.341. The van der Waals surface area contributed by atoms with E-state index in [0.29, 0.717) is 5.89 Å². The molecule has 0 fully saturated rings. The molecule has 9 heteroatoms. The number of carbonyl (C=O) groups is 1. The van der Waals surface area contributed by atoms with Gasteiger partial charge in [-0.05, 0) is 6.07 Å². The molecule has 1 aromatic carbocycles. The Kier molecular flexibility index (Phi) is 5.15. The summed E-state index contributed by atoms with van der Waals surface area (Å²) < 4.78 is 5.37. The molecule has 0 aliphatic rings. The van der Waals surface area contributed by atoms with Gasteiger partial charge in [-0.25, -0.2) is 0 Å². The number of nitro benzene ring substituents is 1. The van der Waals surface area contributed by atoms with Crippen molar-refractivity contribution in [3.05, 3.63) is 44.8 Å². The summed E-state index contributed by atoms with van der Waals surface area (Å²) in [5.41, 5.74) is -0.0791. The van der Waals surface area contributed by atoms with Crippen LogP contribution < -0.4 is 0 Å². The summed E-state index contributed by atoms with van der Waals surface area (Å²) in [5, 5.41) is 18.9. The first-order valence-corrected chi connectivity index (χ1v) is 7.68. The van der Waals surface area contributed by atoms with Crippen LogP contribution >= 0.6 is 23.4 Å². The molecule has 0 saturated heterocycles. The average molecular weight is 342 g/mol. The molecule has 0 aliphatic heterocycles. The van der Waals surface area contributed by atoms with E-state index in [0.717, 1.165) is 11.8 Å². The number of benzene rings is 1. The Morgan fingerprint density at radius 1 is 1.45 bits per heavy atom. The minimum absolute atomic E-state index is 0.000611. The molecule has 2 aromatic rings. The van der Waals surface area contributed by atoms with Crippen LogP contribution in [0.5, 0.6) is 0 Å². The Morgan fingerprint density at radius 3 is 2.77 bits per heavy atom. The highest BCUT2D eigenvalue weighted by Crippen LogP contribution is 2.26. The lowest BCUT2D eigenvalue weighted by Crippen LogP contribution is -2.04. The van der Waals surface area contributed by atoms with Gasteiger partial charge in [0.25, 0.3) is 10.9 Å². The van der Waals surface area contributed by atoms with E-state index in [2.05, 4.69) is 10.2 Å². The summed E-state index contributed by atoms with van der Waals surface area (Å²) in [5.74, 6) is 0.246. The van der Waals surface area contributed by atoms with Crippen LogP contribution in [0.4, 0.5) is 5.69 Å². The fourth-order valence-corrected chi connectivity index (χ4v) is 2.43. The van der Waals surface area contributed by atoms with Gasteiger partial charge >= 0.3 is 0 Å². The summed E-state index contributed by atoms with van der Waals surface area (Å²) in [6.07, 6.45) is 0. The van der Waals surface area contributed by atoms with E-state index in [1.54, 1.807) is 0 Å². The number of rotatable bonds is 6. The SMILES string of the molecule is CC(C)c1nnc(SCC(=O)c2cc([N+](=O)[O-])ccc2Cl)o1. The zero-order valence-electron chi connectivity index (χ0n) is 11.8. The second-order valence-electron chi connectivity index (χ2n) is 4.69. The van der Waals surface area contributed by atoms with E-state index < -0.39 is 4.92 Å². The fourth-order valence-electron chi connectivity index (χ4n) is 1.56. The van der Waals surface area contributed by atoms with Crippen molar-refractivity contribution < 1.29 is 14.1 Å². The van der Waals surface area contributed by atoms with Gasteiger partial charge in [-0.2, -0.15) is 0 Å². The molecule has 1 heterocycles. The van der Waals surface area contributed by atoms with Gasteiger partial charge in [0.15, 0.2) is 5.78 Å². The van der Waals surface area contributed by atoms with Crippen molar-refractivity contribution >= 4 is 34.8 Å². The fraction of sp³-hybridized carbons (Fsp3) is 0.308. The Balaban J connectivity index is 2.08. The molecule has 1 aromatic heterocycles. The first kappa shape index (κ1) is 16.4. The van der Waals surface area contributed by atoms with E-state index in [4.69, 9.17) is 16.0 Å². The lowest BCUT2D eigenvalue weighted by molar-refractivity contribution is -0.384. The molecule has 0 amide bonds. The number of non-ortho nitro benzene ring substituents is 1. The van der Waals surface area contributed by atoms with Crippen molar-refractivity contribution in [2.24, 2.45) is 0 Å². The number of nitrogens with zero attached hydrogens (tertiary/aromatic N) is 3. The molecule has 0 saturated carbocycles. The lowest BCUT2D eigenvalue weighted by atomic mass is 10.1. The molecule has 0 aliphatic carbocycles. The van der Waals surface area contributed by atoms with Crippen molar-refractivity contribution in [3.63, 3.8) is 0 Å². The van der Waals surface area contributed by atoms with Gasteiger partial charge in [-0.3, -0.25) is 14.9 Å². The standard InChI is InChI=1S/C13H12ClN3O4S/c1-7(2)12-15-16-13(21-12)22-6-11(18)9-5-8(17(19)20)3-4-10(9)14/h3-5,7H,6H2,1-2H3. The molecule has 0 spiro atoms. The third kappa shape index (κ3) is 3.83. The van der Waals surface area contributed by atoms with Crippen LogP contribution in [-0.2, 0) is 0 Å². The lowest BCUT2D eigenvalue weighted by Gasteiger charge is -2.02. The van der Waals surface area contributed by atoms with Gasteiger partial charge in [0, 0.05) is 23.6 Å². The van der Waals surface area contributed by atoms with Crippen LogP contribution in [0.15, 0.2) is 27.8 Å². The van der Waals surface area contributed by atoms with E-state index >= 15 is 0 Å². The van der Waals surface area contributed by atoms with E-state index in [1.807, 2.05) is 13.8 Å². The Morgan fingerprint density at radius 2 is 2.18 bits per heavy atom. The van der Waals surface area contributed by atoms with Crippen molar-refractivity contribution in [1.82, 2.24) is 10.2 Å². The molecule has 2 rings (SSSR count). The maximum atomic E-state index is 12.1. The first-order chi connectivity index (χ1) is 10.4. The topological polar surface area (TPSA) is 99.1 Å². The highest BCUT2D eigenvalue weighted by Gasteiger charge is 2.18. The highest BCUT2D eigenvalue weighted by molar-refractivity contribution is 7.99. The molecule has 22 heavy (non-hydrogen) atoms. The van der Waals surface area contributed by atoms with Crippen LogP contribution in [0.1, 0.15) is 36.0 Å². The minimum atomic E-state index is -0.576. The number of thioether (sulfide) groups is 1. The number of aromatic nitrogens is 2. The largest absolute Gasteiger partial charge is 0.416 e. The maximum absolute atomic E-state index is 12.1. The average Bonchev–Trinajstić information content (AvgIpc) is 2.94. The summed E-state index contributed by atoms with van der Waals surface area (Å²) in [7, 11) is 0. The zero-order valence-corrected chi connectivity index (χ0v) is 13.3. The van der Waals surface area contributed by atoms with Crippen molar-refractivity contribution in [2.75, 3.05) is 5.75 Å². The van der Waals surface area contributed by atoms with Gasteiger partial charge in [0.2, 0.25) is 5.89 Å². The molecular formula is C13H12ClN3O4S. The first-order valence-electron chi connectivity index (χ1n) is 6.32. The molecule has 116 valence electrons.